The van der Waals surface area contributed by atoms with Gasteiger partial charge in [-0.25, -0.2) is 9.97 Å². The zero-order valence-corrected chi connectivity index (χ0v) is 29.9. The van der Waals surface area contributed by atoms with Crippen molar-refractivity contribution in [1.82, 2.24) is 20.2 Å². The van der Waals surface area contributed by atoms with Crippen LogP contribution in [0.3, 0.4) is 0 Å². The lowest BCUT2D eigenvalue weighted by Gasteiger charge is -2.25. The number of carboxylic acids is 1. The van der Waals surface area contributed by atoms with Crippen LogP contribution in [0.15, 0.2) is 85.2 Å². The van der Waals surface area contributed by atoms with Gasteiger partial charge in [0.25, 0.3) is 5.91 Å². The highest BCUT2D eigenvalue weighted by Crippen LogP contribution is 2.25. The van der Waals surface area contributed by atoms with Crippen LogP contribution in [0, 0.1) is 0 Å². The number of amides is 2. The number of ether oxygens (including phenoxy) is 1. The van der Waals surface area contributed by atoms with Gasteiger partial charge in [0.15, 0.2) is 5.82 Å². The van der Waals surface area contributed by atoms with Crippen LogP contribution in [0.1, 0.15) is 87.7 Å². The molecule has 2 N–H and O–H groups in total. The molecule has 50 heavy (non-hydrogen) atoms. The molecule has 0 saturated heterocycles. The Kier molecular flexibility index (Phi) is 13.7. The molecule has 1 aromatic heterocycles. The predicted octanol–water partition coefficient (Wildman–Crippen LogP) is 7.73. The van der Waals surface area contributed by atoms with Crippen LogP contribution in [-0.2, 0) is 21.4 Å². The number of aliphatic carboxylic acids is 1. The zero-order chi connectivity index (χ0) is 36.1. The predicted molar refractivity (Wildman–Crippen MR) is 197 cm³/mol. The summed E-state index contributed by atoms with van der Waals surface area (Å²) >= 11 is 0. The molecule has 2 amide bonds. The second-order valence-electron chi connectivity index (χ2n) is 13.7. The maximum absolute atomic E-state index is 13.5. The summed E-state index contributed by atoms with van der Waals surface area (Å²) in [5, 5.41) is 12.0. The molecular formula is C41H50N4O5. The van der Waals surface area contributed by atoms with Gasteiger partial charge in [-0.2, -0.15) is 0 Å². The molecule has 0 spiro atoms. The first-order valence-electron chi connectivity index (χ1n) is 17.5. The maximum atomic E-state index is 13.5. The minimum atomic E-state index is -0.999. The number of carbonyl (C=O) groups is 3. The lowest BCUT2D eigenvalue weighted by molar-refractivity contribution is -0.138. The van der Waals surface area contributed by atoms with Gasteiger partial charge in [-0.3, -0.25) is 14.4 Å². The number of likely N-dealkylation sites (N-methyl/N-ethyl adjacent to an activating group) is 1. The smallest absolute Gasteiger partial charge is 0.305 e. The van der Waals surface area contributed by atoms with Crippen LogP contribution < -0.4 is 10.1 Å². The quantitative estimate of drug-likeness (QED) is 0.110. The fourth-order valence-corrected chi connectivity index (χ4v) is 5.49. The summed E-state index contributed by atoms with van der Waals surface area (Å²) in [5.41, 5.74) is 5.00. The molecule has 264 valence electrons. The Morgan fingerprint density at radius 2 is 1.44 bits per heavy atom. The second kappa shape index (κ2) is 18.1. The Morgan fingerprint density at radius 3 is 2.04 bits per heavy atom. The van der Waals surface area contributed by atoms with Gasteiger partial charge < -0.3 is 20.1 Å². The van der Waals surface area contributed by atoms with E-state index in [0.29, 0.717) is 11.4 Å². The second-order valence-corrected chi connectivity index (χ2v) is 13.7. The molecule has 0 saturated carbocycles. The number of carboxylic acid groups (broad SMARTS) is 1. The van der Waals surface area contributed by atoms with Crippen LogP contribution in [-0.4, -0.2) is 64.0 Å². The molecule has 1 atom stereocenters. The minimum Gasteiger partial charge on any atom is -0.494 e. The number of nitrogens with one attached hydrogen (secondary N) is 1. The van der Waals surface area contributed by atoms with Crippen molar-refractivity contribution in [2.75, 3.05) is 20.2 Å². The number of hydrogen-bond donors (Lipinski definition) is 2. The van der Waals surface area contributed by atoms with Crippen molar-refractivity contribution in [3.63, 3.8) is 0 Å². The molecule has 1 heterocycles. The summed E-state index contributed by atoms with van der Waals surface area (Å²) in [7, 11) is 1.55. The number of carbonyl (C=O) groups excluding carboxylic acids is 2. The van der Waals surface area contributed by atoms with Crippen LogP contribution in [0.4, 0.5) is 0 Å². The van der Waals surface area contributed by atoms with Crippen molar-refractivity contribution in [2.45, 2.75) is 84.1 Å². The molecule has 0 bridgehead atoms. The van der Waals surface area contributed by atoms with E-state index < -0.39 is 12.0 Å². The lowest BCUT2D eigenvalue weighted by atomic mass is 9.86. The van der Waals surface area contributed by atoms with E-state index in [1.54, 1.807) is 31.6 Å². The Labute approximate surface area is 296 Å². The molecule has 0 aliphatic carbocycles. The molecule has 0 radical (unpaired) electrons. The van der Waals surface area contributed by atoms with E-state index >= 15 is 0 Å². The molecule has 0 aliphatic rings. The van der Waals surface area contributed by atoms with Crippen LogP contribution >= 0.6 is 0 Å². The summed E-state index contributed by atoms with van der Waals surface area (Å²) in [6, 6.07) is 22.0. The van der Waals surface area contributed by atoms with Crippen LogP contribution in [0.25, 0.3) is 22.5 Å². The van der Waals surface area contributed by atoms with Gasteiger partial charge in [0.05, 0.1) is 13.0 Å². The molecular weight excluding hydrogens is 628 g/mol. The molecule has 0 unspecified atom stereocenters. The minimum absolute atomic E-state index is 0.0319. The normalized spacial score (nSPS) is 11.9. The molecule has 4 aromatic rings. The highest BCUT2D eigenvalue weighted by atomic mass is 16.5. The topological polar surface area (TPSA) is 122 Å². The SMILES string of the molecule is CCCCCCCOc1ccc(-c2cnc(-c3ccc(C[C@H](NC(=O)c4ccc(C(C)(C)C)cc4)C(=O)N(C)CCC(=O)O)cc3)nc2)cc1. The van der Waals surface area contributed by atoms with Crippen molar-refractivity contribution in [3.8, 4) is 28.3 Å². The summed E-state index contributed by atoms with van der Waals surface area (Å²) in [6.07, 6.45) is 9.64. The summed E-state index contributed by atoms with van der Waals surface area (Å²) in [6.45, 7) is 9.27. The van der Waals surface area contributed by atoms with Crippen LogP contribution in [0.2, 0.25) is 0 Å². The standard InChI is InChI=1S/C41H50N4O5/c1-6-7-8-9-10-25-50-35-21-17-30(18-22-35)33-27-42-38(43-28-33)31-13-11-29(12-14-31)26-36(40(49)45(5)24-23-37(46)47)44-39(48)32-15-19-34(20-16-32)41(2,3)4/h11-22,27-28,36H,6-10,23-26H2,1-5H3,(H,44,48)(H,46,47)/t36-/m0/s1. The van der Waals surface area contributed by atoms with Gasteiger partial charge in [-0.15, -0.1) is 0 Å². The largest absolute Gasteiger partial charge is 0.494 e. The molecule has 4 rings (SSSR count). The van der Waals surface area contributed by atoms with Gasteiger partial charge in [-0.1, -0.05) is 102 Å². The third kappa shape index (κ3) is 11.3. The number of aromatic nitrogens is 2. The van der Waals surface area contributed by atoms with E-state index in [4.69, 9.17) is 9.84 Å². The summed E-state index contributed by atoms with van der Waals surface area (Å²) < 4.78 is 5.89. The summed E-state index contributed by atoms with van der Waals surface area (Å²) in [4.78, 5) is 48.4. The Bertz CT molecular complexity index is 1680. The van der Waals surface area contributed by atoms with Gasteiger partial charge >= 0.3 is 5.97 Å². The van der Waals surface area contributed by atoms with Gasteiger partial charge in [-0.05, 0) is 52.8 Å². The first-order valence-corrected chi connectivity index (χ1v) is 17.5. The van der Waals surface area contributed by atoms with E-state index in [9.17, 15) is 14.4 Å². The zero-order valence-electron chi connectivity index (χ0n) is 29.9. The van der Waals surface area contributed by atoms with E-state index in [2.05, 4.69) is 43.0 Å². The maximum Gasteiger partial charge on any atom is 0.305 e. The van der Waals surface area contributed by atoms with Gasteiger partial charge in [0.1, 0.15) is 11.8 Å². The Balaban J connectivity index is 1.41. The third-order valence-electron chi connectivity index (χ3n) is 8.66. The van der Waals surface area contributed by atoms with Crippen molar-refractivity contribution in [1.29, 1.82) is 0 Å². The van der Waals surface area contributed by atoms with Gasteiger partial charge in [0.2, 0.25) is 5.91 Å². The number of benzene rings is 3. The Morgan fingerprint density at radius 1 is 0.820 bits per heavy atom. The van der Waals surface area contributed by atoms with Crippen LogP contribution in [0.5, 0.6) is 5.75 Å². The molecule has 9 heteroatoms. The average Bonchev–Trinajstić information content (AvgIpc) is 3.11. The van der Waals surface area contributed by atoms with Crippen molar-refractivity contribution >= 4 is 17.8 Å². The fourth-order valence-electron chi connectivity index (χ4n) is 5.49. The van der Waals surface area contributed by atoms with Crippen molar-refractivity contribution in [3.05, 3.63) is 102 Å². The number of rotatable bonds is 17. The number of hydrogen-bond acceptors (Lipinski definition) is 6. The monoisotopic (exact) mass is 678 g/mol. The first-order chi connectivity index (χ1) is 23.9. The van der Waals surface area contributed by atoms with E-state index in [0.717, 1.165) is 46.6 Å². The Hall–Kier alpha value is -5.05. The van der Waals surface area contributed by atoms with E-state index in [-0.39, 0.29) is 36.6 Å². The molecule has 0 fully saturated rings. The number of unbranched alkanes of at least 4 members (excludes halogenated alkanes) is 4. The molecule has 0 aliphatic heterocycles. The lowest BCUT2D eigenvalue weighted by Crippen LogP contribution is -2.49. The van der Waals surface area contributed by atoms with Crippen molar-refractivity contribution < 1.29 is 24.2 Å². The summed E-state index contributed by atoms with van der Waals surface area (Å²) in [5.74, 6) is -0.318. The fraction of sp³-hybridized carbons (Fsp3) is 0.390. The van der Waals surface area contributed by atoms with Gasteiger partial charge in [0, 0.05) is 49.1 Å². The highest BCUT2D eigenvalue weighted by molar-refractivity contribution is 5.97. The van der Waals surface area contributed by atoms with E-state index in [1.165, 1.54) is 30.6 Å². The molecule has 9 nitrogen and oxygen atoms in total. The first kappa shape index (κ1) is 37.8. The average molecular weight is 679 g/mol. The molecule has 3 aromatic carbocycles. The number of nitrogens with zero attached hydrogens (tertiary/aromatic N) is 3. The third-order valence-corrected chi connectivity index (χ3v) is 8.66. The highest BCUT2D eigenvalue weighted by Gasteiger charge is 2.26. The van der Waals surface area contributed by atoms with E-state index in [1.807, 2.05) is 60.7 Å². The van der Waals surface area contributed by atoms with Crippen molar-refractivity contribution in [2.24, 2.45) is 0 Å².